The maximum absolute atomic E-state index is 11.9. The summed E-state index contributed by atoms with van der Waals surface area (Å²) in [6, 6.07) is 2.53. The molecule has 5 nitrogen and oxygen atoms in total. The van der Waals surface area contributed by atoms with Gasteiger partial charge in [0.1, 0.15) is 0 Å². The van der Waals surface area contributed by atoms with Crippen LogP contribution < -0.4 is 10.6 Å². The number of carbonyl (C=O) groups excluding carboxylic acids is 1. The fourth-order valence-corrected chi connectivity index (χ4v) is 2.89. The van der Waals surface area contributed by atoms with E-state index in [9.17, 15) is 4.79 Å². The van der Waals surface area contributed by atoms with Gasteiger partial charge in [-0.1, -0.05) is 6.92 Å². The smallest absolute Gasteiger partial charge is 0.237 e. The molecule has 1 aliphatic heterocycles. The van der Waals surface area contributed by atoms with Crippen LogP contribution in [0.2, 0.25) is 0 Å². The van der Waals surface area contributed by atoms with E-state index in [0.29, 0.717) is 18.5 Å². The first kappa shape index (κ1) is 16.0. The van der Waals surface area contributed by atoms with Gasteiger partial charge in [0.25, 0.3) is 0 Å². The van der Waals surface area contributed by atoms with Crippen LogP contribution in [-0.4, -0.2) is 34.8 Å². The van der Waals surface area contributed by atoms with Gasteiger partial charge in [0.2, 0.25) is 5.91 Å². The van der Waals surface area contributed by atoms with Crippen molar-refractivity contribution in [3.05, 3.63) is 18.0 Å². The molecule has 0 bridgehead atoms. The molecule has 0 aliphatic carbocycles. The number of nitrogens with one attached hydrogen (secondary N) is 2. The van der Waals surface area contributed by atoms with Crippen LogP contribution in [0.15, 0.2) is 12.3 Å². The lowest BCUT2D eigenvalue weighted by Crippen LogP contribution is -2.49. The Balaban J connectivity index is 1.90. The predicted molar refractivity (Wildman–Crippen MR) is 84.1 cm³/mol. The third kappa shape index (κ3) is 4.30. The molecule has 0 spiro atoms. The van der Waals surface area contributed by atoms with E-state index in [1.807, 2.05) is 6.92 Å². The Labute approximate surface area is 127 Å². The fraction of sp³-hybridized carbons (Fsp3) is 0.750. The van der Waals surface area contributed by atoms with E-state index in [-0.39, 0.29) is 11.9 Å². The molecule has 21 heavy (non-hydrogen) atoms. The van der Waals surface area contributed by atoms with Crippen molar-refractivity contribution < 1.29 is 4.79 Å². The molecule has 1 fully saturated rings. The summed E-state index contributed by atoms with van der Waals surface area (Å²) in [5.41, 5.74) is 1.15. The van der Waals surface area contributed by atoms with Gasteiger partial charge in [0.15, 0.2) is 0 Å². The summed E-state index contributed by atoms with van der Waals surface area (Å²) in [6.45, 7) is 7.93. The maximum atomic E-state index is 11.9. The average Bonchev–Trinajstić information content (AvgIpc) is 2.95. The molecule has 1 aromatic rings. The van der Waals surface area contributed by atoms with E-state index in [4.69, 9.17) is 0 Å². The largest absolute Gasteiger partial charge is 0.355 e. The number of hydrogen-bond acceptors (Lipinski definition) is 3. The van der Waals surface area contributed by atoms with Crippen molar-refractivity contribution in [2.24, 2.45) is 5.92 Å². The molecule has 1 saturated heterocycles. The van der Waals surface area contributed by atoms with E-state index in [0.717, 1.165) is 37.9 Å². The zero-order chi connectivity index (χ0) is 15.2. The van der Waals surface area contributed by atoms with Crippen LogP contribution in [0, 0.1) is 5.92 Å². The lowest BCUT2D eigenvalue weighted by molar-refractivity contribution is -0.123. The molecular weight excluding hydrogens is 264 g/mol. The Bertz CT molecular complexity index is 457. The molecule has 1 aliphatic rings. The predicted octanol–water partition coefficient (Wildman–Crippen LogP) is 1.90. The van der Waals surface area contributed by atoms with Crippen LogP contribution in [0.3, 0.4) is 0 Å². The number of carbonyl (C=O) groups is 1. The van der Waals surface area contributed by atoms with Gasteiger partial charge < -0.3 is 10.6 Å². The Morgan fingerprint density at radius 1 is 1.57 bits per heavy atom. The van der Waals surface area contributed by atoms with Gasteiger partial charge in [-0.15, -0.1) is 0 Å². The molecule has 2 heterocycles. The quantitative estimate of drug-likeness (QED) is 0.842. The number of piperidine rings is 1. The first-order chi connectivity index (χ1) is 10.1. The van der Waals surface area contributed by atoms with Gasteiger partial charge in [-0.25, -0.2) is 0 Å². The fourth-order valence-electron chi connectivity index (χ4n) is 2.89. The van der Waals surface area contributed by atoms with E-state index >= 15 is 0 Å². The second kappa shape index (κ2) is 7.59. The van der Waals surface area contributed by atoms with Crippen molar-refractivity contribution in [2.45, 2.75) is 58.5 Å². The van der Waals surface area contributed by atoms with Crippen LogP contribution in [0.5, 0.6) is 0 Å². The van der Waals surface area contributed by atoms with Gasteiger partial charge in [-0.2, -0.15) is 5.10 Å². The summed E-state index contributed by atoms with van der Waals surface area (Å²) < 4.78 is 2.05. The molecule has 3 unspecified atom stereocenters. The van der Waals surface area contributed by atoms with Gasteiger partial charge in [0, 0.05) is 18.8 Å². The molecule has 2 rings (SSSR count). The minimum atomic E-state index is -0.0413. The van der Waals surface area contributed by atoms with Crippen LogP contribution in [0.1, 0.15) is 51.8 Å². The molecule has 0 aromatic carbocycles. The SMILES string of the molecule is CCNC(=O)C1CC(Cc2ccn(C(C)CC)n2)CCN1. The number of nitrogens with zero attached hydrogens (tertiary/aromatic N) is 2. The van der Waals surface area contributed by atoms with Crippen molar-refractivity contribution in [1.82, 2.24) is 20.4 Å². The Hall–Kier alpha value is -1.36. The van der Waals surface area contributed by atoms with Gasteiger partial charge in [0.05, 0.1) is 11.7 Å². The summed E-state index contributed by atoms with van der Waals surface area (Å²) in [7, 11) is 0. The second-order valence-corrected chi connectivity index (χ2v) is 6.04. The van der Waals surface area contributed by atoms with Crippen molar-refractivity contribution in [1.29, 1.82) is 0 Å². The number of likely N-dealkylation sites (N-methyl/N-ethyl adjacent to an activating group) is 1. The standard InChI is InChI=1S/C16H28N4O/c1-4-12(3)20-9-7-14(19-20)10-13-6-8-18-15(11-13)16(21)17-5-2/h7,9,12-13,15,18H,4-6,8,10-11H2,1-3H3,(H,17,21). The lowest BCUT2D eigenvalue weighted by atomic mass is 9.88. The lowest BCUT2D eigenvalue weighted by Gasteiger charge is -2.29. The van der Waals surface area contributed by atoms with E-state index in [2.05, 4.69) is 46.5 Å². The third-order valence-electron chi connectivity index (χ3n) is 4.38. The molecule has 2 N–H and O–H groups in total. The summed E-state index contributed by atoms with van der Waals surface area (Å²) in [5, 5.41) is 10.9. The average molecular weight is 292 g/mol. The van der Waals surface area contributed by atoms with Gasteiger partial charge in [-0.3, -0.25) is 9.48 Å². The van der Waals surface area contributed by atoms with Crippen LogP contribution in [0.25, 0.3) is 0 Å². The van der Waals surface area contributed by atoms with Crippen LogP contribution >= 0.6 is 0 Å². The van der Waals surface area contributed by atoms with Crippen molar-refractivity contribution in [2.75, 3.05) is 13.1 Å². The molecule has 3 atom stereocenters. The van der Waals surface area contributed by atoms with Gasteiger partial charge >= 0.3 is 0 Å². The monoisotopic (exact) mass is 292 g/mol. The number of amides is 1. The number of aromatic nitrogens is 2. The minimum absolute atomic E-state index is 0.0413. The Morgan fingerprint density at radius 3 is 3.10 bits per heavy atom. The highest BCUT2D eigenvalue weighted by atomic mass is 16.2. The highest BCUT2D eigenvalue weighted by Crippen LogP contribution is 2.21. The van der Waals surface area contributed by atoms with Crippen molar-refractivity contribution in [3.8, 4) is 0 Å². The van der Waals surface area contributed by atoms with Crippen LogP contribution in [-0.2, 0) is 11.2 Å². The van der Waals surface area contributed by atoms with E-state index < -0.39 is 0 Å². The van der Waals surface area contributed by atoms with E-state index in [1.165, 1.54) is 0 Å². The van der Waals surface area contributed by atoms with Crippen LogP contribution in [0.4, 0.5) is 0 Å². The first-order valence-electron chi connectivity index (χ1n) is 8.19. The van der Waals surface area contributed by atoms with Crippen molar-refractivity contribution >= 4 is 5.91 Å². The highest BCUT2D eigenvalue weighted by molar-refractivity contribution is 5.81. The molecule has 5 heteroatoms. The second-order valence-electron chi connectivity index (χ2n) is 6.04. The molecule has 0 radical (unpaired) electrons. The molecule has 1 aromatic heterocycles. The normalized spacial score (nSPS) is 23.8. The minimum Gasteiger partial charge on any atom is -0.355 e. The zero-order valence-electron chi connectivity index (χ0n) is 13.4. The molecule has 118 valence electrons. The Morgan fingerprint density at radius 2 is 2.38 bits per heavy atom. The van der Waals surface area contributed by atoms with Gasteiger partial charge in [-0.05, 0) is 58.1 Å². The maximum Gasteiger partial charge on any atom is 0.237 e. The topological polar surface area (TPSA) is 59.0 Å². The summed E-state index contributed by atoms with van der Waals surface area (Å²) in [6.07, 6.45) is 6.16. The Kier molecular flexibility index (Phi) is 5.79. The summed E-state index contributed by atoms with van der Waals surface area (Å²) >= 11 is 0. The third-order valence-corrected chi connectivity index (χ3v) is 4.38. The number of hydrogen-bond donors (Lipinski definition) is 2. The van der Waals surface area contributed by atoms with Crippen molar-refractivity contribution in [3.63, 3.8) is 0 Å². The molecule has 0 saturated carbocycles. The number of rotatable bonds is 6. The summed E-state index contributed by atoms with van der Waals surface area (Å²) in [4.78, 5) is 11.9. The highest BCUT2D eigenvalue weighted by Gasteiger charge is 2.27. The molecular formula is C16H28N4O. The van der Waals surface area contributed by atoms with E-state index in [1.54, 1.807) is 0 Å². The first-order valence-corrected chi connectivity index (χ1v) is 8.19. The zero-order valence-corrected chi connectivity index (χ0v) is 13.4. The summed E-state index contributed by atoms with van der Waals surface area (Å²) in [5.74, 6) is 0.673. The molecule has 1 amide bonds.